The largest absolute Gasteiger partial charge is 0.495 e. The Bertz CT molecular complexity index is 674. The Hall–Kier alpha value is -1.83. The Labute approximate surface area is 148 Å². The first kappa shape index (κ1) is 17.0. The molecule has 2 fully saturated rings. The zero-order valence-electron chi connectivity index (χ0n) is 13.5. The number of pyridine rings is 1. The summed E-state index contributed by atoms with van der Waals surface area (Å²) in [6.07, 6.45) is 2.70. The van der Waals surface area contributed by atoms with E-state index >= 15 is 0 Å². The highest BCUT2D eigenvalue weighted by molar-refractivity contribution is 9.10. The molecule has 1 spiro atoms. The maximum Gasteiger partial charge on any atom is 0.308 e. The Kier molecular flexibility index (Phi) is 4.42. The van der Waals surface area contributed by atoms with Gasteiger partial charge in [0.25, 0.3) is 0 Å². The number of hydrogen-bond donors (Lipinski definition) is 1. The molecule has 3 rings (SSSR count). The quantitative estimate of drug-likeness (QED) is 0.775. The number of esters is 1. The van der Waals surface area contributed by atoms with Gasteiger partial charge in [0.1, 0.15) is 11.6 Å². The summed E-state index contributed by atoms with van der Waals surface area (Å²) in [4.78, 5) is 29.7. The standard InChI is InChI=1S/C16H19BrN2O5/c1-23-10-3-12(17)13(18-6-10)19-7-11(14(20)21)16(8-19)4-9(5-16)15(22)24-2/h3,6,9,11H,4-5,7-8H2,1-2H3,(H,20,21). The van der Waals surface area contributed by atoms with E-state index in [1.54, 1.807) is 19.4 Å². The van der Waals surface area contributed by atoms with Crippen molar-refractivity contribution in [2.24, 2.45) is 17.3 Å². The summed E-state index contributed by atoms with van der Waals surface area (Å²) in [5.41, 5.74) is -0.397. The highest BCUT2D eigenvalue weighted by Gasteiger charge is 2.59. The van der Waals surface area contributed by atoms with Gasteiger partial charge in [0.2, 0.25) is 0 Å². The molecule has 2 aliphatic rings. The predicted octanol–water partition coefficient (Wildman–Crippen LogP) is 1.94. The molecule has 0 bridgehead atoms. The van der Waals surface area contributed by atoms with Crippen LogP contribution in [0.5, 0.6) is 5.75 Å². The number of carboxylic acids is 1. The molecule has 1 saturated heterocycles. The van der Waals surface area contributed by atoms with Gasteiger partial charge in [-0.15, -0.1) is 0 Å². The van der Waals surface area contributed by atoms with Crippen molar-refractivity contribution in [1.82, 2.24) is 4.98 Å². The van der Waals surface area contributed by atoms with Crippen LogP contribution >= 0.6 is 15.9 Å². The molecule has 0 amide bonds. The number of hydrogen-bond acceptors (Lipinski definition) is 6. The topological polar surface area (TPSA) is 89.0 Å². The molecular formula is C16H19BrN2O5. The van der Waals surface area contributed by atoms with Gasteiger partial charge >= 0.3 is 11.9 Å². The lowest BCUT2D eigenvalue weighted by molar-refractivity contribution is -0.161. The first-order valence-electron chi connectivity index (χ1n) is 7.65. The van der Waals surface area contributed by atoms with Gasteiger partial charge < -0.3 is 19.5 Å². The Morgan fingerprint density at radius 3 is 2.67 bits per heavy atom. The van der Waals surface area contributed by atoms with Crippen LogP contribution in [-0.4, -0.2) is 49.3 Å². The minimum Gasteiger partial charge on any atom is -0.495 e. The van der Waals surface area contributed by atoms with Crippen molar-refractivity contribution in [3.8, 4) is 5.75 Å². The molecule has 1 aliphatic heterocycles. The van der Waals surface area contributed by atoms with E-state index in [1.807, 2.05) is 4.90 Å². The normalized spacial score (nSPS) is 28.5. The lowest BCUT2D eigenvalue weighted by atomic mass is 9.57. The third-order valence-electron chi connectivity index (χ3n) is 5.12. The van der Waals surface area contributed by atoms with E-state index in [0.29, 0.717) is 37.5 Å². The van der Waals surface area contributed by atoms with Gasteiger partial charge in [-0.1, -0.05) is 0 Å². The second kappa shape index (κ2) is 6.23. The van der Waals surface area contributed by atoms with Crippen LogP contribution in [0.4, 0.5) is 5.82 Å². The number of carbonyl (C=O) groups is 2. The molecule has 1 aliphatic carbocycles. The smallest absolute Gasteiger partial charge is 0.308 e. The molecule has 130 valence electrons. The first-order valence-corrected chi connectivity index (χ1v) is 8.44. The molecule has 1 atom stereocenters. The molecule has 24 heavy (non-hydrogen) atoms. The summed E-state index contributed by atoms with van der Waals surface area (Å²) in [6, 6.07) is 1.81. The number of nitrogens with zero attached hydrogens (tertiary/aromatic N) is 2. The van der Waals surface area contributed by atoms with Gasteiger partial charge in [0.15, 0.2) is 0 Å². The van der Waals surface area contributed by atoms with Crippen molar-refractivity contribution in [2.45, 2.75) is 12.8 Å². The van der Waals surface area contributed by atoms with E-state index in [9.17, 15) is 14.7 Å². The summed E-state index contributed by atoms with van der Waals surface area (Å²) in [5.74, 6) is -0.486. The second-order valence-corrected chi connectivity index (χ2v) is 7.30. The molecule has 1 saturated carbocycles. The molecule has 1 N–H and O–H groups in total. The highest BCUT2D eigenvalue weighted by Crippen LogP contribution is 2.56. The number of aromatic nitrogens is 1. The van der Waals surface area contributed by atoms with Gasteiger partial charge in [0, 0.05) is 18.5 Å². The summed E-state index contributed by atoms with van der Waals surface area (Å²) >= 11 is 3.47. The van der Waals surface area contributed by atoms with Crippen LogP contribution in [0.2, 0.25) is 0 Å². The van der Waals surface area contributed by atoms with Crippen LogP contribution in [-0.2, 0) is 14.3 Å². The molecule has 1 aromatic heterocycles. The third kappa shape index (κ3) is 2.72. The van der Waals surface area contributed by atoms with E-state index < -0.39 is 17.3 Å². The average Bonchev–Trinajstić information content (AvgIpc) is 2.93. The van der Waals surface area contributed by atoms with Crippen LogP contribution in [0.1, 0.15) is 12.8 Å². The monoisotopic (exact) mass is 398 g/mol. The number of anilines is 1. The number of rotatable bonds is 4. The summed E-state index contributed by atoms with van der Waals surface area (Å²) in [6.45, 7) is 0.941. The van der Waals surface area contributed by atoms with E-state index in [1.165, 1.54) is 7.11 Å². The Morgan fingerprint density at radius 2 is 2.12 bits per heavy atom. The van der Waals surface area contributed by atoms with E-state index in [2.05, 4.69) is 20.9 Å². The lowest BCUT2D eigenvalue weighted by Gasteiger charge is -2.45. The van der Waals surface area contributed by atoms with E-state index in [4.69, 9.17) is 9.47 Å². The molecule has 1 aromatic rings. The second-order valence-electron chi connectivity index (χ2n) is 6.44. The molecular weight excluding hydrogens is 380 g/mol. The van der Waals surface area contributed by atoms with Crippen molar-refractivity contribution in [2.75, 3.05) is 32.2 Å². The number of carbonyl (C=O) groups excluding carboxylic acids is 1. The Morgan fingerprint density at radius 1 is 1.42 bits per heavy atom. The molecule has 7 nitrogen and oxygen atoms in total. The van der Waals surface area contributed by atoms with Crippen LogP contribution < -0.4 is 9.64 Å². The van der Waals surface area contributed by atoms with E-state index in [0.717, 1.165) is 4.47 Å². The zero-order chi connectivity index (χ0) is 17.5. The summed E-state index contributed by atoms with van der Waals surface area (Å²) < 4.78 is 10.7. The van der Waals surface area contributed by atoms with Gasteiger partial charge in [-0.25, -0.2) is 4.98 Å². The summed E-state index contributed by atoms with van der Waals surface area (Å²) in [7, 11) is 2.93. The zero-order valence-corrected chi connectivity index (χ0v) is 15.1. The number of halogens is 1. The third-order valence-corrected chi connectivity index (χ3v) is 5.70. The number of carboxylic acid groups (broad SMARTS) is 1. The average molecular weight is 399 g/mol. The number of ether oxygens (including phenoxy) is 2. The molecule has 2 heterocycles. The molecule has 0 radical (unpaired) electrons. The first-order chi connectivity index (χ1) is 11.4. The maximum atomic E-state index is 11.7. The van der Waals surface area contributed by atoms with Crippen molar-refractivity contribution < 1.29 is 24.2 Å². The molecule has 0 aromatic carbocycles. The fourth-order valence-electron chi connectivity index (χ4n) is 3.90. The van der Waals surface area contributed by atoms with Crippen LogP contribution in [0.25, 0.3) is 0 Å². The van der Waals surface area contributed by atoms with Gasteiger partial charge in [0.05, 0.1) is 36.7 Å². The summed E-state index contributed by atoms with van der Waals surface area (Å²) in [5, 5.41) is 9.62. The lowest BCUT2D eigenvalue weighted by Crippen LogP contribution is -2.49. The molecule has 8 heteroatoms. The van der Waals surface area contributed by atoms with Crippen LogP contribution in [0.3, 0.4) is 0 Å². The fourth-order valence-corrected chi connectivity index (χ4v) is 4.48. The van der Waals surface area contributed by atoms with Crippen LogP contribution in [0.15, 0.2) is 16.7 Å². The van der Waals surface area contributed by atoms with Gasteiger partial charge in [-0.05, 0) is 34.8 Å². The van der Waals surface area contributed by atoms with Gasteiger partial charge in [-0.2, -0.15) is 0 Å². The fraction of sp³-hybridized carbons (Fsp3) is 0.562. The minimum atomic E-state index is -0.828. The maximum absolute atomic E-state index is 11.7. The molecule has 1 unspecified atom stereocenters. The van der Waals surface area contributed by atoms with Crippen molar-refractivity contribution >= 4 is 33.7 Å². The number of aliphatic carboxylic acids is 1. The van der Waals surface area contributed by atoms with E-state index in [-0.39, 0.29) is 11.9 Å². The predicted molar refractivity (Wildman–Crippen MR) is 89.0 cm³/mol. The van der Waals surface area contributed by atoms with Crippen molar-refractivity contribution in [3.05, 3.63) is 16.7 Å². The van der Waals surface area contributed by atoms with Gasteiger partial charge in [-0.3, -0.25) is 9.59 Å². The Balaban J connectivity index is 1.82. The minimum absolute atomic E-state index is 0.205. The SMILES string of the molecule is COC(=O)C1CC2(C1)CN(c1ncc(OC)cc1Br)CC2C(=O)O. The van der Waals surface area contributed by atoms with Crippen molar-refractivity contribution in [3.63, 3.8) is 0 Å². The van der Waals surface area contributed by atoms with Crippen molar-refractivity contribution in [1.29, 1.82) is 0 Å². The number of methoxy groups -OCH3 is 2. The highest BCUT2D eigenvalue weighted by atomic mass is 79.9. The van der Waals surface area contributed by atoms with Crippen LogP contribution in [0, 0.1) is 17.3 Å².